The summed E-state index contributed by atoms with van der Waals surface area (Å²) in [6.45, 7) is 1.75. The Morgan fingerprint density at radius 2 is 2.18 bits per heavy atom. The van der Waals surface area contributed by atoms with Crippen LogP contribution >= 0.6 is 15.9 Å². The van der Waals surface area contributed by atoms with Crippen molar-refractivity contribution >= 4 is 26.0 Å². The van der Waals surface area contributed by atoms with E-state index in [4.69, 9.17) is 4.74 Å². The second-order valence-electron chi connectivity index (χ2n) is 3.05. The number of nitrogens with one attached hydrogen (secondary N) is 1. The average Bonchev–Trinajstić information content (AvgIpc) is 2.29. The molecule has 0 aliphatic rings. The Morgan fingerprint density at radius 3 is 2.71 bits per heavy atom. The van der Waals surface area contributed by atoms with Gasteiger partial charge in [0.05, 0.1) is 23.0 Å². The predicted molar refractivity (Wildman–Crippen MR) is 69.3 cm³/mol. The molecular weight excluding hydrogens is 306 g/mol. The van der Waals surface area contributed by atoms with Crippen molar-refractivity contribution in [1.82, 2.24) is 4.72 Å². The Hall–Kier alpha value is -1.03. The molecule has 0 bridgehead atoms. The van der Waals surface area contributed by atoms with E-state index in [2.05, 4.69) is 32.5 Å². The Morgan fingerprint density at radius 1 is 1.47 bits per heavy atom. The fourth-order valence-corrected chi connectivity index (χ4v) is 2.76. The first kappa shape index (κ1) is 14.0. The van der Waals surface area contributed by atoms with Gasteiger partial charge < -0.3 is 4.74 Å². The van der Waals surface area contributed by atoms with E-state index in [0.29, 0.717) is 10.2 Å². The standard InChI is InChI=1S/C11H12BrNO3S/c1-3-4-7-13-17(14,15)9-5-6-11(16-2)10(12)8-9/h5-6,8,13H,7H2,1-2H3. The Labute approximate surface area is 110 Å². The number of benzene rings is 1. The van der Waals surface area contributed by atoms with Crippen LogP contribution in [0.4, 0.5) is 0 Å². The smallest absolute Gasteiger partial charge is 0.241 e. The highest BCUT2D eigenvalue weighted by molar-refractivity contribution is 9.10. The molecule has 0 amide bonds. The summed E-state index contributed by atoms with van der Waals surface area (Å²) in [4.78, 5) is 0.170. The van der Waals surface area contributed by atoms with Crippen LogP contribution in [0.1, 0.15) is 6.92 Å². The summed E-state index contributed by atoms with van der Waals surface area (Å²) in [5, 5.41) is 0. The molecule has 0 aromatic heterocycles. The first-order valence-corrected chi connectivity index (χ1v) is 7.01. The summed E-state index contributed by atoms with van der Waals surface area (Å²) in [6, 6.07) is 4.55. The van der Waals surface area contributed by atoms with Gasteiger partial charge in [-0.05, 0) is 41.1 Å². The highest BCUT2D eigenvalue weighted by atomic mass is 79.9. The zero-order valence-corrected chi connectivity index (χ0v) is 11.9. The average molecular weight is 318 g/mol. The fraction of sp³-hybridized carbons (Fsp3) is 0.273. The molecule has 17 heavy (non-hydrogen) atoms. The van der Waals surface area contributed by atoms with Gasteiger partial charge >= 0.3 is 0 Å². The van der Waals surface area contributed by atoms with Crippen molar-refractivity contribution in [3.05, 3.63) is 22.7 Å². The van der Waals surface area contributed by atoms with Crippen LogP contribution in [0, 0.1) is 11.8 Å². The summed E-state index contributed by atoms with van der Waals surface area (Å²) >= 11 is 3.24. The molecule has 0 atom stereocenters. The van der Waals surface area contributed by atoms with Crippen LogP contribution in [0.5, 0.6) is 5.75 Å². The number of halogens is 1. The molecule has 1 aromatic rings. The minimum atomic E-state index is -3.52. The second kappa shape index (κ2) is 6.05. The molecule has 92 valence electrons. The highest BCUT2D eigenvalue weighted by Crippen LogP contribution is 2.27. The summed E-state index contributed by atoms with van der Waals surface area (Å²) in [7, 11) is -2.00. The zero-order chi connectivity index (χ0) is 12.9. The maximum absolute atomic E-state index is 11.8. The van der Waals surface area contributed by atoms with Crippen LogP contribution in [0.25, 0.3) is 0 Å². The first-order valence-electron chi connectivity index (χ1n) is 4.74. The molecule has 0 radical (unpaired) electrons. The molecule has 0 heterocycles. The number of hydrogen-bond donors (Lipinski definition) is 1. The van der Waals surface area contributed by atoms with Gasteiger partial charge in [-0.1, -0.05) is 5.92 Å². The Balaban J connectivity index is 2.98. The topological polar surface area (TPSA) is 55.4 Å². The number of sulfonamides is 1. The Kier molecular flexibility index (Phi) is 5.00. The van der Waals surface area contributed by atoms with Gasteiger partial charge in [-0.15, -0.1) is 5.92 Å². The van der Waals surface area contributed by atoms with E-state index in [1.807, 2.05) is 0 Å². The van der Waals surface area contributed by atoms with Crippen LogP contribution in [-0.2, 0) is 10.0 Å². The van der Waals surface area contributed by atoms with Crippen molar-refractivity contribution in [3.8, 4) is 17.6 Å². The molecule has 0 saturated heterocycles. The van der Waals surface area contributed by atoms with Gasteiger partial charge in [0.15, 0.2) is 0 Å². The SMILES string of the molecule is CC#CCNS(=O)(=O)c1ccc(OC)c(Br)c1. The summed E-state index contributed by atoms with van der Waals surface area (Å²) in [6.07, 6.45) is 0. The molecule has 0 saturated carbocycles. The molecule has 0 aliphatic heterocycles. The van der Waals surface area contributed by atoms with Crippen molar-refractivity contribution in [2.45, 2.75) is 11.8 Å². The van der Waals surface area contributed by atoms with Crippen molar-refractivity contribution in [2.75, 3.05) is 13.7 Å². The van der Waals surface area contributed by atoms with E-state index in [1.165, 1.54) is 19.2 Å². The van der Waals surface area contributed by atoms with E-state index < -0.39 is 10.0 Å². The lowest BCUT2D eigenvalue weighted by Crippen LogP contribution is -2.23. The van der Waals surface area contributed by atoms with Gasteiger partial charge in [-0.2, -0.15) is 4.72 Å². The van der Waals surface area contributed by atoms with E-state index in [-0.39, 0.29) is 11.4 Å². The van der Waals surface area contributed by atoms with E-state index in [9.17, 15) is 8.42 Å². The molecule has 1 N–H and O–H groups in total. The van der Waals surface area contributed by atoms with Gasteiger partial charge in [-0.25, -0.2) is 8.42 Å². The zero-order valence-electron chi connectivity index (χ0n) is 9.45. The van der Waals surface area contributed by atoms with Crippen molar-refractivity contribution in [3.63, 3.8) is 0 Å². The van der Waals surface area contributed by atoms with E-state index in [0.717, 1.165) is 0 Å². The molecule has 1 rings (SSSR count). The van der Waals surface area contributed by atoms with Gasteiger partial charge in [0, 0.05) is 0 Å². The third-order valence-electron chi connectivity index (χ3n) is 1.96. The minimum absolute atomic E-state index is 0.0997. The molecule has 4 nitrogen and oxygen atoms in total. The minimum Gasteiger partial charge on any atom is -0.496 e. The number of ether oxygens (including phenoxy) is 1. The van der Waals surface area contributed by atoms with Crippen molar-refractivity contribution in [2.24, 2.45) is 0 Å². The van der Waals surface area contributed by atoms with Crippen LogP contribution in [0.15, 0.2) is 27.6 Å². The van der Waals surface area contributed by atoms with Crippen LogP contribution in [0.2, 0.25) is 0 Å². The van der Waals surface area contributed by atoms with E-state index in [1.54, 1.807) is 13.0 Å². The van der Waals surface area contributed by atoms with Gasteiger partial charge in [-0.3, -0.25) is 0 Å². The second-order valence-corrected chi connectivity index (χ2v) is 5.67. The molecule has 0 fully saturated rings. The first-order chi connectivity index (χ1) is 8.01. The summed E-state index contributed by atoms with van der Waals surface area (Å²) < 4.78 is 31.6. The molecular formula is C11H12BrNO3S. The van der Waals surface area contributed by atoms with Crippen LogP contribution < -0.4 is 9.46 Å². The third kappa shape index (κ3) is 3.73. The molecule has 0 spiro atoms. The predicted octanol–water partition coefficient (Wildman–Crippen LogP) is 1.76. The number of hydrogen-bond acceptors (Lipinski definition) is 3. The lowest BCUT2D eigenvalue weighted by atomic mass is 10.3. The van der Waals surface area contributed by atoms with Gasteiger partial charge in [0.2, 0.25) is 10.0 Å². The normalized spacial score (nSPS) is 10.5. The van der Waals surface area contributed by atoms with Crippen LogP contribution in [-0.4, -0.2) is 22.1 Å². The Bertz CT molecular complexity index is 558. The highest BCUT2D eigenvalue weighted by Gasteiger charge is 2.14. The van der Waals surface area contributed by atoms with Crippen molar-refractivity contribution < 1.29 is 13.2 Å². The van der Waals surface area contributed by atoms with Gasteiger partial charge in [0.1, 0.15) is 5.75 Å². The summed E-state index contributed by atoms with van der Waals surface area (Å²) in [5.41, 5.74) is 0. The molecule has 6 heteroatoms. The fourth-order valence-electron chi connectivity index (χ4n) is 1.12. The number of rotatable bonds is 4. The largest absolute Gasteiger partial charge is 0.496 e. The molecule has 0 aliphatic carbocycles. The third-order valence-corrected chi connectivity index (χ3v) is 3.98. The van der Waals surface area contributed by atoms with E-state index >= 15 is 0 Å². The lowest BCUT2D eigenvalue weighted by molar-refractivity contribution is 0.411. The lowest BCUT2D eigenvalue weighted by Gasteiger charge is -2.07. The quantitative estimate of drug-likeness (QED) is 0.861. The molecule has 0 unspecified atom stereocenters. The molecule has 1 aromatic carbocycles. The summed E-state index contributed by atoms with van der Waals surface area (Å²) in [5.74, 6) is 5.83. The number of methoxy groups -OCH3 is 1. The van der Waals surface area contributed by atoms with Crippen molar-refractivity contribution in [1.29, 1.82) is 0 Å². The monoisotopic (exact) mass is 317 g/mol. The maximum atomic E-state index is 11.8. The van der Waals surface area contributed by atoms with Gasteiger partial charge in [0.25, 0.3) is 0 Å². The van der Waals surface area contributed by atoms with Crippen LogP contribution in [0.3, 0.4) is 0 Å². The maximum Gasteiger partial charge on any atom is 0.241 e.